The Balaban J connectivity index is 1.68. The first kappa shape index (κ1) is 18.9. The lowest BCUT2D eigenvalue weighted by Gasteiger charge is -2.31. The molecule has 2 fully saturated rings. The molecule has 0 radical (unpaired) electrons. The number of ether oxygens (including phenoxy) is 3. The van der Waals surface area contributed by atoms with Gasteiger partial charge in [0.1, 0.15) is 6.10 Å². The van der Waals surface area contributed by atoms with Gasteiger partial charge in [-0.25, -0.2) is 0 Å². The van der Waals surface area contributed by atoms with Crippen LogP contribution in [0.5, 0.6) is 0 Å². The van der Waals surface area contributed by atoms with Crippen LogP contribution < -0.4 is 0 Å². The van der Waals surface area contributed by atoms with Crippen LogP contribution in [0.4, 0.5) is 0 Å². The van der Waals surface area contributed by atoms with E-state index in [-0.39, 0.29) is 36.2 Å². The summed E-state index contributed by atoms with van der Waals surface area (Å²) in [5.41, 5.74) is 0.937. The third-order valence-electron chi connectivity index (χ3n) is 5.51. The molecule has 6 unspecified atom stereocenters. The van der Waals surface area contributed by atoms with E-state index >= 15 is 0 Å². The van der Waals surface area contributed by atoms with Gasteiger partial charge in [-0.05, 0) is 31.2 Å². The molecule has 5 heteroatoms. The molecule has 0 amide bonds. The van der Waals surface area contributed by atoms with E-state index in [1.807, 2.05) is 51.1 Å². The molecule has 1 aliphatic heterocycles. The summed E-state index contributed by atoms with van der Waals surface area (Å²) in [5.74, 6) is -1.68. The van der Waals surface area contributed by atoms with Crippen LogP contribution in [0.15, 0.2) is 30.3 Å². The van der Waals surface area contributed by atoms with Crippen molar-refractivity contribution >= 4 is 11.9 Å². The number of carbonyl (C=O) groups is 2. The van der Waals surface area contributed by atoms with Crippen molar-refractivity contribution in [3.63, 3.8) is 0 Å². The summed E-state index contributed by atoms with van der Waals surface area (Å²) in [6.45, 7) is 6.27. The van der Waals surface area contributed by atoms with Crippen molar-refractivity contribution in [1.29, 1.82) is 0 Å². The average Bonchev–Trinajstić information content (AvgIpc) is 3.42. The molecule has 0 bridgehead atoms. The van der Waals surface area contributed by atoms with Crippen LogP contribution in [-0.4, -0.2) is 30.8 Å². The molecule has 3 rings (SSSR count). The molecular formula is C21H28O5. The summed E-state index contributed by atoms with van der Waals surface area (Å²) >= 11 is 0. The SMILES string of the molecule is CCCCOC(=O)C1CC2OC2C(C)C1C(=O)OC(C)c1ccccc1. The molecule has 5 nitrogen and oxygen atoms in total. The molecule has 1 heterocycles. The standard InChI is InChI=1S/C21H28O5/c1-4-5-11-24-20(22)16-12-17-19(26-17)13(2)18(16)21(23)25-14(3)15-9-7-6-8-10-15/h6-10,13-14,16-19H,4-5,11-12H2,1-3H3. The lowest BCUT2D eigenvalue weighted by atomic mass is 9.72. The summed E-state index contributed by atoms with van der Waals surface area (Å²) in [6.07, 6.45) is 2.10. The third kappa shape index (κ3) is 4.09. The van der Waals surface area contributed by atoms with Gasteiger partial charge in [-0.15, -0.1) is 0 Å². The minimum Gasteiger partial charge on any atom is -0.465 e. The summed E-state index contributed by atoms with van der Waals surface area (Å²) in [6, 6.07) is 9.62. The Hall–Kier alpha value is -1.88. The van der Waals surface area contributed by atoms with Gasteiger partial charge >= 0.3 is 11.9 Å². The molecule has 2 aliphatic rings. The minimum absolute atomic E-state index is 0.0482. The molecule has 0 aromatic heterocycles. The van der Waals surface area contributed by atoms with E-state index in [2.05, 4.69) is 0 Å². The molecular weight excluding hydrogens is 332 g/mol. The number of esters is 2. The largest absolute Gasteiger partial charge is 0.465 e. The van der Waals surface area contributed by atoms with Gasteiger partial charge in [0.05, 0.1) is 30.7 Å². The second-order valence-electron chi connectivity index (χ2n) is 7.38. The van der Waals surface area contributed by atoms with Crippen LogP contribution >= 0.6 is 0 Å². The number of epoxide rings is 1. The minimum atomic E-state index is -0.515. The lowest BCUT2D eigenvalue weighted by molar-refractivity contribution is -0.167. The Morgan fingerprint density at radius 2 is 1.96 bits per heavy atom. The Kier molecular flexibility index (Phi) is 5.97. The van der Waals surface area contributed by atoms with Crippen molar-refractivity contribution in [2.45, 2.75) is 58.3 Å². The first-order valence-electron chi connectivity index (χ1n) is 9.60. The number of carbonyl (C=O) groups excluding carboxylic acids is 2. The fourth-order valence-electron chi connectivity index (χ4n) is 3.87. The quantitative estimate of drug-likeness (QED) is 0.422. The van der Waals surface area contributed by atoms with Crippen molar-refractivity contribution in [3.8, 4) is 0 Å². The average molecular weight is 360 g/mol. The Labute approximate surface area is 155 Å². The smallest absolute Gasteiger partial charge is 0.310 e. The van der Waals surface area contributed by atoms with Gasteiger partial charge in [0.15, 0.2) is 0 Å². The van der Waals surface area contributed by atoms with E-state index in [9.17, 15) is 9.59 Å². The summed E-state index contributed by atoms with van der Waals surface area (Å²) in [5, 5.41) is 0. The van der Waals surface area contributed by atoms with Crippen LogP contribution in [0.2, 0.25) is 0 Å². The van der Waals surface area contributed by atoms with Crippen LogP contribution in [0.3, 0.4) is 0 Å². The third-order valence-corrected chi connectivity index (χ3v) is 5.51. The summed E-state index contributed by atoms with van der Waals surface area (Å²) in [7, 11) is 0. The van der Waals surface area contributed by atoms with Gasteiger partial charge in [0.25, 0.3) is 0 Å². The van der Waals surface area contributed by atoms with Gasteiger partial charge in [-0.2, -0.15) is 0 Å². The monoisotopic (exact) mass is 360 g/mol. The van der Waals surface area contributed by atoms with Crippen molar-refractivity contribution in [2.75, 3.05) is 6.61 Å². The fraction of sp³-hybridized carbons (Fsp3) is 0.619. The Morgan fingerprint density at radius 1 is 1.23 bits per heavy atom. The number of hydrogen-bond donors (Lipinski definition) is 0. The Bertz CT molecular complexity index is 629. The van der Waals surface area contributed by atoms with Crippen LogP contribution in [0, 0.1) is 17.8 Å². The van der Waals surface area contributed by atoms with E-state index in [4.69, 9.17) is 14.2 Å². The highest BCUT2D eigenvalue weighted by atomic mass is 16.6. The maximum absolute atomic E-state index is 12.9. The molecule has 0 spiro atoms. The molecule has 142 valence electrons. The number of rotatable bonds is 7. The zero-order valence-corrected chi connectivity index (χ0v) is 15.7. The van der Waals surface area contributed by atoms with E-state index in [1.165, 1.54) is 0 Å². The normalized spacial score (nSPS) is 30.8. The zero-order valence-electron chi connectivity index (χ0n) is 15.7. The lowest BCUT2D eigenvalue weighted by Crippen LogP contribution is -2.43. The molecule has 6 atom stereocenters. The highest BCUT2D eigenvalue weighted by Crippen LogP contribution is 2.47. The first-order chi connectivity index (χ1) is 12.5. The van der Waals surface area contributed by atoms with Crippen LogP contribution in [0.1, 0.15) is 51.7 Å². The second kappa shape index (κ2) is 8.21. The van der Waals surface area contributed by atoms with Gasteiger partial charge in [0.2, 0.25) is 0 Å². The number of unbranched alkanes of at least 4 members (excludes halogenated alkanes) is 1. The molecule has 0 N–H and O–H groups in total. The maximum Gasteiger partial charge on any atom is 0.310 e. The van der Waals surface area contributed by atoms with E-state index < -0.39 is 11.8 Å². The first-order valence-corrected chi connectivity index (χ1v) is 9.60. The second-order valence-corrected chi connectivity index (χ2v) is 7.38. The number of hydrogen-bond acceptors (Lipinski definition) is 5. The molecule has 1 saturated heterocycles. The summed E-state index contributed by atoms with van der Waals surface area (Å²) in [4.78, 5) is 25.5. The highest BCUT2D eigenvalue weighted by molar-refractivity contribution is 5.83. The van der Waals surface area contributed by atoms with Crippen molar-refractivity contribution in [3.05, 3.63) is 35.9 Å². The summed E-state index contributed by atoms with van der Waals surface area (Å²) < 4.78 is 16.8. The predicted octanol–water partition coefficient (Wildman–Crippen LogP) is 3.67. The molecule has 1 aromatic rings. The fourth-order valence-corrected chi connectivity index (χ4v) is 3.87. The van der Waals surface area contributed by atoms with Gasteiger partial charge in [-0.1, -0.05) is 50.6 Å². The van der Waals surface area contributed by atoms with Gasteiger partial charge < -0.3 is 14.2 Å². The highest BCUT2D eigenvalue weighted by Gasteiger charge is 2.58. The molecule has 1 aliphatic carbocycles. The number of fused-ring (bicyclic) bond motifs is 1. The molecule has 1 aromatic carbocycles. The maximum atomic E-state index is 12.9. The Morgan fingerprint density at radius 3 is 2.65 bits per heavy atom. The van der Waals surface area contributed by atoms with Crippen molar-refractivity contribution in [2.24, 2.45) is 17.8 Å². The number of benzene rings is 1. The van der Waals surface area contributed by atoms with E-state index in [0.29, 0.717) is 13.0 Å². The predicted molar refractivity (Wildman–Crippen MR) is 96.2 cm³/mol. The molecule has 1 saturated carbocycles. The van der Waals surface area contributed by atoms with Crippen LogP contribution in [0.25, 0.3) is 0 Å². The zero-order chi connectivity index (χ0) is 18.7. The van der Waals surface area contributed by atoms with Crippen molar-refractivity contribution in [1.82, 2.24) is 0 Å². The topological polar surface area (TPSA) is 65.1 Å². The van der Waals surface area contributed by atoms with Crippen molar-refractivity contribution < 1.29 is 23.8 Å². The van der Waals surface area contributed by atoms with E-state index in [1.54, 1.807) is 0 Å². The molecule has 26 heavy (non-hydrogen) atoms. The van der Waals surface area contributed by atoms with Crippen LogP contribution in [-0.2, 0) is 23.8 Å². The van der Waals surface area contributed by atoms with E-state index in [0.717, 1.165) is 18.4 Å². The van der Waals surface area contributed by atoms with Gasteiger partial charge in [-0.3, -0.25) is 9.59 Å². The van der Waals surface area contributed by atoms with Gasteiger partial charge in [0, 0.05) is 0 Å².